The molecule has 1 aliphatic rings. The lowest BCUT2D eigenvalue weighted by Gasteiger charge is -2.24. The molecule has 1 aliphatic heterocycles. The Morgan fingerprint density at radius 1 is 1.31 bits per heavy atom. The summed E-state index contributed by atoms with van der Waals surface area (Å²) in [4.78, 5) is 38.0. The van der Waals surface area contributed by atoms with Crippen LogP contribution in [-0.2, 0) is 14.3 Å². The first-order valence-corrected chi connectivity index (χ1v) is 9.87. The summed E-state index contributed by atoms with van der Waals surface area (Å²) in [5.74, 6) is -1.99. The van der Waals surface area contributed by atoms with Crippen LogP contribution in [0, 0.1) is 10.1 Å². The smallest absolute Gasteiger partial charge is 0.295 e. The van der Waals surface area contributed by atoms with Crippen LogP contribution in [0.15, 0.2) is 47.4 Å². The quantitative estimate of drug-likeness (QED) is 0.243. The number of benzene rings is 1. The highest BCUT2D eigenvalue weighted by Crippen LogP contribution is 2.41. The molecule has 3 rings (SSSR count). The van der Waals surface area contributed by atoms with E-state index in [-0.39, 0.29) is 36.1 Å². The molecule has 1 aromatic heterocycles. The number of nitrogens with zero attached hydrogens (tertiary/aromatic N) is 2. The molecule has 8 nitrogen and oxygen atoms in total. The number of hydrogen-bond donors (Lipinski definition) is 1. The van der Waals surface area contributed by atoms with Gasteiger partial charge in [0.1, 0.15) is 5.76 Å². The molecule has 1 atom stereocenters. The molecule has 152 valence electrons. The predicted molar refractivity (Wildman–Crippen MR) is 108 cm³/mol. The maximum atomic E-state index is 12.8. The number of thiophene rings is 1. The maximum Gasteiger partial charge on any atom is 0.295 e. The molecule has 29 heavy (non-hydrogen) atoms. The molecular weight excluding hydrogens is 396 g/mol. The van der Waals surface area contributed by atoms with Crippen LogP contribution >= 0.6 is 11.3 Å². The van der Waals surface area contributed by atoms with Crippen LogP contribution in [-0.4, -0.2) is 45.9 Å². The molecule has 0 radical (unpaired) electrons. The van der Waals surface area contributed by atoms with Gasteiger partial charge in [0.05, 0.1) is 29.2 Å². The number of aliphatic hydroxyl groups is 1. The minimum atomic E-state index is -0.822. The van der Waals surface area contributed by atoms with Crippen molar-refractivity contribution in [2.75, 3.05) is 13.2 Å². The SMILES string of the molecule is CC(C)OCCN1C(=O)C(=O)/C(=C(\O)c2cccc([N+](=O)[O-])c2)C1c1cccs1. The number of ether oxygens (including phenoxy) is 1. The fourth-order valence-electron chi connectivity index (χ4n) is 3.16. The molecule has 0 spiro atoms. The summed E-state index contributed by atoms with van der Waals surface area (Å²) in [7, 11) is 0. The third-order valence-corrected chi connectivity index (χ3v) is 5.39. The van der Waals surface area contributed by atoms with Crippen molar-refractivity contribution in [1.82, 2.24) is 4.90 Å². The zero-order valence-electron chi connectivity index (χ0n) is 15.9. The van der Waals surface area contributed by atoms with Crippen LogP contribution in [0.5, 0.6) is 0 Å². The Labute approximate surface area is 171 Å². The molecule has 1 saturated heterocycles. The Kier molecular flexibility index (Phi) is 6.09. The third-order valence-electron chi connectivity index (χ3n) is 4.47. The number of aliphatic hydroxyl groups excluding tert-OH is 1. The molecule has 0 aliphatic carbocycles. The number of amides is 1. The second kappa shape index (κ2) is 8.54. The van der Waals surface area contributed by atoms with Gasteiger partial charge in [-0.3, -0.25) is 19.7 Å². The van der Waals surface area contributed by atoms with Gasteiger partial charge in [-0.2, -0.15) is 0 Å². The predicted octanol–water partition coefficient (Wildman–Crippen LogP) is 3.50. The number of Topliss-reactive ketones (excluding diaryl/α,β-unsaturated/α-hetero) is 1. The normalized spacial score (nSPS) is 18.6. The first-order chi connectivity index (χ1) is 13.8. The topological polar surface area (TPSA) is 110 Å². The highest BCUT2D eigenvalue weighted by molar-refractivity contribution is 7.10. The molecule has 0 saturated carbocycles. The average Bonchev–Trinajstić information content (AvgIpc) is 3.29. The fraction of sp³-hybridized carbons (Fsp3) is 0.300. The number of ketones is 1. The Bertz CT molecular complexity index is 967. The lowest BCUT2D eigenvalue weighted by Crippen LogP contribution is -2.33. The molecular formula is C20H20N2O6S. The Balaban J connectivity index is 2.06. The van der Waals surface area contributed by atoms with E-state index in [0.29, 0.717) is 4.88 Å². The minimum Gasteiger partial charge on any atom is -0.507 e. The largest absolute Gasteiger partial charge is 0.507 e. The van der Waals surface area contributed by atoms with Gasteiger partial charge in [0, 0.05) is 29.1 Å². The van der Waals surface area contributed by atoms with Crippen LogP contribution in [0.1, 0.15) is 30.3 Å². The highest BCUT2D eigenvalue weighted by atomic mass is 32.1. The Hall–Kier alpha value is -3.04. The fourth-order valence-corrected chi connectivity index (χ4v) is 4.01. The highest BCUT2D eigenvalue weighted by Gasteiger charge is 2.46. The molecule has 2 heterocycles. The average molecular weight is 416 g/mol. The van der Waals surface area contributed by atoms with Crippen molar-refractivity contribution in [2.45, 2.75) is 26.0 Å². The number of hydrogen-bond acceptors (Lipinski definition) is 7. The summed E-state index contributed by atoms with van der Waals surface area (Å²) in [6.07, 6.45) is -0.0307. The summed E-state index contributed by atoms with van der Waals surface area (Å²) in [6, 6.07) is 8.13. The molecule has 1 amide bonds. The van der Waals surface area contributed by atoms with E-state index in [0.717, 1.165) is 0 Å². The van der Waals surface area contributed by atoms with Crippen LogP contribution in [0.2, 0.25) is 0 Å². The van der Waals surface area contributed by atoms with Crippen LogP contribution in [0.25, 0.3) is 5.76 Å². The second-order valence-corrected chi connectivity index (χ2v) is 7.71. The van der Waals surface area contributed by atoms with Gasteiger partial charge in [0.2, 0.25) is 0 Å². The van der Waals surface area contributed by atoms with Crippen molar-refractivity contribution in [3.63, 3.8) is 0 Å². The number of carbonyl (C=O) groups excluding carboxylic acids is 2. The molecule has 9 heteroatoms. The van der Waals surface area contributed by atoms with Crippen molar-refractivity contribution in [2.24, 2.45) is 0 Å². The Morgan fingerprint density at radius 3 is 2.69 bits per heavy atom. The van der Waals surface area contributed by atoms with Gasteiger partial charge in [0.25, 0.3) is 17.4 Å². The van der Waals surface area contributed by atoms with Crippen molar-refractivity contribution in [3.8, 4) is 0 Å². The van der Waals surface area contributed by atoms with E-state index in [1.165, 1.54) is 40.5 Å². The van der Waals surface area contributed by atoms with E-state index in [4.69, 9.17) is 4.74 Å². The van der Waals surface area contributed by atoms with Crippen molar-refractivity contribution in [3.05, 3.63) is 67.9 Å². The van der Waals surface area contributed by atoms with Gasteiger partial charge in [0.15, 0.2) is 0 Å². The molecule has 1 fully saturated rings. The van der Waals surface area contributed by atoms with E-state index in [2.05, 4.69) is 0 Å². The lowest BCUT2D eigenvalue weighted by molar-refractivity contribution is -0.384. The van der Waals surface area contributed by atoms with Crippen LogP contribution in [0.4, 0.5) is 5.69 Å². The van der Waals surface area contributed by atoms with Crippen molar-refractivity contribution in [1.29, 1.82) is 0 Å². The number of likely N-dealkylation sites (tertiary alicyclic amines) is 1. The van der Waals surface area contributed by atoms with E-state index in [1.54, 1.807) is 12.1 Å². The number of nitro groups is 1. The number of carbonyl (C=O) groups is 2. The van der Waals surface area contributed by atoms with Gasteiger partial charge in [-0.25, -0.2) is 0 Å². The van der Waals surface area contributed by atoms with Crippen molar-refractivity contribution < 1.29 is 24.4 Å². The molecule has 2 aromatic rings. The van der Waals surface area contributed by atoms with E-state index < -0.39 is 28.4 Å². The summed E-state index contributed by atoms with van der Waals surface area (Å²) in [6.45, 7) is 4.15. The Morgan fingerprint density at radius 2 is 2.07 bits per heavy atom. The van der Waals surface area contributed by atoms with Crippen LogP contribution in [0.3, 0.4) is 0 Å². The monoisotopic (exact) mass is 416 g/mol. The molecule has 1 unspecified atom stereocenters. The summed E-state index contributed by atoms with van der Waals surface area (Å²) >= 11 is 1.35. The van der Waals surface area contributed by atoms with E-state index in [1.807, 2.05) is 19.2 Å². The number of nitro benzene ring substituents is 1. The van der Waals surface area contributed by atoms with Crippen molar-refractivity contribution >= 4 is 34.5 Å². The first kappa shape index (κ1) is 20.7. The zero-order chi connectivity index (χ0) is 21.1. The van der Waals surface area contributed by atoms with Gasteiger partial charge in [-0.05, 0) is 25.3 Å². The van der Waals surface area contributed by atoms with Gasteiger partial charge in [-0.1, -0.05) is 18.2 Å². The molecule has 0 bridgehead atoms. The number of rotatable bonds is 7. The molecule has 1 N–H and O–H groups in total. The lowest BCUT2D eigenvalue weighted by atomic mass is 9.99. The van der Waals surface area contributed by atoms with Gasteiger partial charge < -0.3 is 14.7 Å². The summed E-state index contributed by atoms with van der Waals surface area (Å²) in [5, 5.41) is 23.7. The molecule has 1 aromatic carbocycles. The standard InChI is InChI=1S/C20H20N2O6S/c1-12(2)28-9-8-21-17(15-7-4-10-29-15)16(19(24)20(21)25)18(23)13-5-3-6-14(11-13)22(26)27/h3-7,10-12,17,23H,8-9H2,1-2H3/b18-16-. The van der Waals surface area contributed by atoms with Gasteiger partial charge >= 0.3 is 0 Å². The summed E-state index contributed by atoms with van der Waals surface area (Å²) < 4.78 is 5.52. The van der Waals surface area contributed by atoms with E-state index >= 15 is 0 Å². The number of non-ortho nitro benzene ring substituents is 1. The second-order valence-electron chi connectivity index (χ2n) is 6.73. The minimum absolute atomic E-state index is 0.0307. The third kappa shape index (κ3) is 4.20. The maximum absolute atomic E-state index is 12.8. The van der Waals surface area contributed by atoms with E-state index in [9.17, 15) is 24.8 Å². The van der Waals surface area contributed by atoms with Crippen LogP contribution < -0.4 is 0 Å². The van der Waals surface area contributed by atoms with Gasteiger partial charge in [-0.15, -0.1) is 11.3 Å². The summed E-state index contributed by atoms with van der Waals surface area (Å²) in [5.41, 5.74) is -0.194. The first-order valence-electron chi connectivity index (χ1n) is 8.99. The zero-order valence-corrected chi connectivity index (χ0v) is 16.7.